The molecule has 42 heavy (non-hydrogen) atoms. The Hall–Kier alpha value is -5.79. The van der Waals surface area contributed by atoms with Gasteiger partial charge in [0.15, 0.2) is 5.65 Å². The first-order chi connectivity index (χ1) is 20.1. The Labute approximate surface area is 239 Å². The lowest BCUT2D eigenvalue weighted by atomic mass is 10.1. The van der Waals surface area contributed by atoms with Crippen molar-refractivity contribution < 1.29 is 29.4 Å². The van der Waals surface area contributed by atoms with E-state index in [1.807, 2.05) is 0 Å². The predicted molar refractivity (Wildman–Crippen MR) is 154 cm³/mol. The first-order valence-corrected chi connectivity index (χ1v) is 12.8. The van der Waals surface area contributed by atoms with Gasteiger partial charge < -0.3 is 37.6 Å². The normalized spacial score (nSPS) is 11.4. The van der Waals surface area contributed by atoms with Crippen LogP contribution in [0.25, 0.3) is 11.0 Å². The zero-order chi connectivity index (χ0) is 30.2. The zero-order valence-corrected chi connectivity index (χ0v) is 22.2. The molecule has 0 aliphatic carbocycles. The van der Waals surface area contributed by atoms with Crippen LogP contribution in [0.2, 0.25) is 0 Å². The van der Waals surface area contributed by atoms with Crippen molar-refractivity contribution in [3.63, 3.8) is 0 Å². The number of nitrogens with zero attached hydrogens (tertiary/aromatic N) is 3. The number of fused-ring (bicyclic) bond motifs is 1. The van der Waals surface area contributed by atoms with E-state index in [1.54, 1.807) is 42.6 Å². The molecule has 0 unspecified atom stereocenters. The number of carbonyl (C=O) groups is 4. The fraction of sp³-hybridized carbons (Fsp3) is 0.179. The van der Waals surface area contributed by atoms with Crippen LogP contribution >= 0.6 is 0 Å². The number of anilines is 3. The van der Waals surface area contributed by atoms with Crippen LogP contribution in [-0.2, 0) is 11.3 Å². The molecule has 0 radical (unpaired) electrons. The summed E-state index contributed by atoms with van der Waals surface area (Å²) in [7, 11) is 0. The van der Waals surface area contributed by atoms with Gasteiger partial charge in [-0.15, -0.1) is 0 Å². The minimum absolute atomic E-state index is 0.00450. The lowest BCUT2D eigenvalue weighted by molar-refractivity contribution is -0.139. The van der Waals surface area contributed by atoms with Crippen molar-refractivity contribution in [3.8, 4) is 0 Å². The number of carboxylic acids is 2. The molecule has 216 valence electrons. The van der Waals surface area contributed by atoms with Gasteiger partial charge in [0, 0.05) is 30.5 Å². The third-order valence-electron chi connectivity index (χ3n) is 6.26. The monoisotopic (exact) mass is 572 g/mol. The van der Waals surface area contributed by atoms with Gasteiger partial charge in [-0.05, 0) is 60.9 Å². The van der Waals surface area contributed by atoms with E-state index in [2.05, 4.69) is 30.9 Å². The van der Waals surface area contributed by atoms with Crippen LogP contribution in [0.5, 0.6) is 0 Å². The molecule has 4 aromatic rings. The average molecular weight is 573 g/mol. The number of nitrogens with one attached hydrogen (secondary N) is 3. The summed E-state index contributed by atoms with van der Waals surface area (Å²) in [5.74, 6) is -3.33. The van der Waals surface area contributed by atoms with Gasteiger partial charge in [0.1, 0.15) is 11.9 Å². The lowest BCUT2D eigenvalue weighted by Crippen LogP contribution is -2.41. The molecular weight excluding hydrogens is 544 g/mol. The van der Waals surface area contributed by atoms with Crippen LogP contribution in [-0.4, -0.2) is 61.5 Å². The van der Waals surface area contributed by atoms with Gasteiger partial charge in [0.25, 0.3) is 11.8 Å². The number of pyridine rings is 1. The molecule has 1 atom stereocenters. The maximum absolute atomic E-state index is 12.7. The molecule has 0 aliphatic rings. The van der Waals surface area contributed by atoms with Gasteiger partial charge in [-0.25, -0.2) is 14.6 Å². The van der Waals surface area contributed by atoms with Crippen LogP contribution in [0, 0.1) is 0 Å². The molecule has 14 nitrogen and oxygen atoms in total. The highest BCUT2D eigenvalue weighted by molar-refractivity contribution is 6.04. The van der Waals surface area contributed by atoms with Crippen LogP contribution in [0.3, 0.4) is 0 Å². The number of amides is 2. The first-order valence-electron chi connectivity index (χ1n) is 12.8. The minimum Gasteiger partial charge on any atom is -0.480 e. The molecule has 14 heteroatoms. The molecule has 0 aliphatic heterocycles. The molecule has 2 aromatic carbocycles. The highest BCUT2D eigenvalue weighted by Crippen LogP contribution is 2.19. The lowest BCUT2D eigenvalue weighted by Gasteiger charge is -2.15. The van der Waals surface area contributed by atoms with Crippen molar-refractivity contribution in [3.05, 3.63) is 83.0 Å². The molecule has 4 rings (SSSR count). The summed E-state index contributed by atoms with van der Waals surface area (Å²) in [4.78, 5) is 60.3. The van der Waals surface area contributed by atoms with E-state index >= 15 is 0 Å². The number of carboxylic acid groups (broad SMARTS) is 2. The van der Waals surface area contributed by atoms with Crippen molar-refractivity contribution in [2.75, 3.05) is 23.3 Å². The Morgan fingerprint density at radius 3 is 2.31 bits per heavy atom. The van der Waals surface area contributed by atoms with Crippen molar-refractivity contribution in [1.29, 1.82) is 0 Å². The molecule has 2 aromatic heterocycles. The molecule has 2 heterocycles. The molecule has 0 saturated carbocycles. The van der Waals surface area contributed by atoms with E-state index in [4.69, 9.17) is 11.5 Å². The summed E-state index contributed by atoms with van der Waals surface area (Å²) in [5.41, 5.74) is 13.6. The Kier molecular flexibility index (Phi) is 9.07. The summed E-state index contributed by atoms with van der Waals surface area (Å²) in [6.45, 7) is 0.491. The number of nitrogens with two attached hydrogens (primary N) is 2. The van der Waals surface area contributed by atoms with Gasteiger partial charge >= 0.3 is 11.9 Å². The Morgan fingerprint density at radius 2 is 1.62 bits per heavy atom. The quantitative estimate of drug-likeness (QED) is 0.121. The van der Waals surface area contributed by atoms with Crippen LogP contribution in [0.1, 0.15) is 49.5 Å². The molecule has 9 N–H and O–H groups in total. The third-order valence-corrected chi connectivity index (χ3v) is 6.26. The maximum atomic E-state index is 12.7. The molecule has 0 bridgehead atoms. The van der Waals surface area contributed by atoms with E-state index < -0.39 is 29.8 Å². The van der Waals surface area contributed by atoms with Gasteiger partial charge in [-0.3, -0.25) is 9.59 Å². The number of aromatic carboxylic acids is 1. The van der Waals surface area contributed by atoms with Crippen LogP contribution in [0.15, 0.2) is 60.8 Å². The SMILES string of the molecule is Nc1nc(N)c2cc(CNc3ccc(C(=O)N[C@@H](CCCNC(=O)c4ccccc4C(=O)O)C(=O)O)cc3)cnc2n1. The second kappa shape index (κ2) is 13.0. The number of rotatable bonds is 12. The average Bonchev–Trinajstić information content (AvgIpc) is 2.97. The summed E-state index contributed by atoms with van der Waals surface area (Å²) < 4.78 is 0. The summed E-state index contributed by atoms with van der Waals surface area (Å²) in [6.07, 6.45) is 1.91. The number of hydrogen-bond donors (Lipinski definition) is 7. The second-order valence-electron chi connectivity index (χ2n) is 9.23. The second-order valence-corrected chi connectivity index (χ2v) is 9.23. The number of carbonyl (C=O) groups excluding carboxylic acids is 2. The fourth-order valence-corrected chi connectivity index (χ4v) is 4.11. The van der Waals surface area contributed by atoms with Crippen molar-refractivity contribution in [1.82, 2.24) is 25.6 Å². The first kappa shape index (κ1) is 29.2. The van der Waals surface area contributed by atoms with E-state index in [0.29, 0.717) is 23.3 Å². The number of aromatic nitrogens is 3. The highest BCUT2D eigenvalue weighted by Gasteiger charge is 2.21. The Morgan fingerprint density at radius 1 is 0.905 bits per heavy atom. The van der Waals surface area contributed by atoms with Crippen molar-refractivity contribution >= 4 is 52.2 Å². The molecule has 0 fully saturated rings. The van der Waals surface area contributed by atoms with Gasteiger partial charge in [0.05, 0.1) is 16.5 Å². The maximum Gasteiger partial charge on any atom is 0.336 e. The molecule has 0 saturated heterocycles. The number of nitrogen functional groups attached to an aromatic ring is 2. The van der Waals surface area contributed by atoms with Gasteiger partial charge in [-0.1, -0.05) is 12.1 Å². The third kappa shape index (κ3) is 7.24. The van der Waals surface area contributed by atoms with Crippen molar-refractivity contribution in [2.24, 2.45) is 0 Å². The molecule has 2 amide bonds. The number of aliphatic carboxylic acids is 1. The Balaban J connectivity index is 1.27. The number of benzene rings is 2. The molecular formula is C28H28N8O6. The van der Waals surface area contributed by atoms with Crippen LogP contribution in [0.4, 0.5) is 17.5 Å². The highest BCUT2D eigenvalue weighted by atomic mass is 16.4. The van der Waals surface area contributed by atoms with E-state index in [0.717, 1.165) is 5.56 Å². The minimum atomic E-state index is -1.23. The van der Waals surface area contributed by atoms with Crippen LogP contribution < -0.4 is 27.4 Å². The zero-order valence-electron chi connectivity index (χ0n) is 22.2. The van der Waals surface area contributed by atoms with E-state index in [-0.39, 0.29) is 47.8 Å². The summed E-state index contributed by atoms with van der Waals surface area (Å²) >= 11 is 0. The summed E-state index contributed by atoms with van der Waals surface area (Å²) in [5, 5.41) is 27.7. The largest absolute Gasteiger partial charge is 0.480 e. The fourth-order valence-electron chi connectivity index (χ4n) is 4.11. The van der Waals surface area contributed by atoms with Gasteiger partial charge in [0.2, 0.25) is 5.95 Å². The number of hydrogen-bond acceptors (Lipinski definition) is 10. The van der Waals surface area contributed by atoms with E-state index in [1.165, 1.54) is 18.2 Å². The molecule has 0 spiro atoms. The van der Waals surface area contributed by atoms with Crippen molar-refractivity contribution in [2.45, 2.75) is 25.4 Å². The topological polar surface area (TPSA) is 236 Å². The predicted octanol–water partition coefficient (Wildman–Crippen LogP) is 1.89. The smallest absolute Gasteiger partial charge is 0.336 e. The Bertz CT molecular complexity index is 1640. The summed E-state index contributed by atoms with van der Waals surface area (Å²) in [6, 6.07) is 12.9. The van der Waals surface area contributed by atoms with E-state index in [9.17, 15) is 29.4 Å². The van der Waals surface area contributed by atoms with Gasteiger partial charge in [-0.2, -0.15) is 9.97 Å². The standard InChI is InChI=1S/C28H28N8O6/c29-22-20-12-15(14-33-23(20)36-28(30)35-22)13-32-17-9-7-16(8-10-17)24(37)34-21(27(41)42)6-3-11-31-25(38)18-4-1-2-5-19(18)26(39)40/h1-2,4-5,7-10,12,14,21,32H,3,6,11,13H2,(H,31,38)(H,34,37)(H,39,40)(H,41,42)(H4,29,30,33,35,36)/t21-/m0/s1.